The van der Waals surface area contributed by atoms with Gasteiger partial charge in [-0.05, 0) is 144 Å². The Morgan fingerprint density at radius 2 is 0.905 bits per heavy atom. The Kier molecular flexibility index (Phi) is 8.17. The van der Waals surface area contributed by atoms with Gasteiger partial charge in [0.1, 0.15) is 0 Å². The maximum atomic E-state index is 2.56. The van der Waals surface area contributed by atoms with E-state index in [-0.39, 0.29) is 5.41 Å². The summed E-state index contributed by atoms with van der Waals surface area (Å²) in [6.07, 6.45) is 6.86. The van der Waals surface area contributed by atoms with Crippen LogP contribution in [0.1, 0.15) is 66.8 Å². The molecule has 63 heavy (non-hydrogen) atoms. The van der Waals surface area contributed by atoms with E-state index in [0.29, 0.717) is 0 Å². The summed E-state index contributed by atoms with van der Waals surface area (Å²) in [4.78, 5) is 2.52. The topological polar surface area (TPSA) is 3.24 Å². The zero-order valence-corrected chi connectivity index (χ0v) is 35.8. The van der Waals surface area contributed by atoms with Crippen molar-refractivity contribution in [2.45, 2.75) is 49.9 Å². The molecule has 1 unspecified atom stereocenters. The highest BCUT2D eigenvalue weighted by Gasteiger charge is 2.51. The van der Waals surface area contributed by atoms with E-state index in [9.17, 15) is 0 Å². The van der Waals surface area contributed by atoms with Crippen LogP contribution >= 0.6 is 0 Å². The number of nitrogens with zero attached hydrogens (tertiary/aromatic N) is 1. The van der Waals surface area contributed by atoms with Crippen molar-refractivity contribution in [3.63, 3.8) is 0 Å². The molecule has 9 aromatic carbocycles. The van der Waals surface area contributed by atoms with E-state index in [4.69, 9.17) is 0 Å². The molecule has 0 N–H and O–H groups in total. The van der Waals surface area contributed by atoms with Gasteiger partial charge in [0.05, 0.1) is 11.1 Å². The van der Waals surface area contributed by atoms with Crippen molar-refractivity contribution in [1.82, 2.24) is 0 Å². The maximum Gasteiger partial charge on any atom is 0.0726 e. The van der Waals surface area contributed by atoms with Crippen LogP contribution in [0.3, 0.4) is 0 Å². The minimum absolute atomic E-state index is 0.215. The number of benzene rings is 9. The predicted octanol–water partition coefficient (Wildman–Crippen LogP) is 16.5. The Morgan fingerprint density at radius 3 is 1.59 bits per heavy atom. The van der Waals surface area contributed by atoms with Crippen molar-refractivity contribution in [2.75, 3.05) is 4.90 Å². The highest BCUT2D eigenvalue weighted by molar-refractivity contribution is 6.01. The lowest BCUT2D eigenvalue weighted by molar-refractivity contribution is 0.233. The summed E-state index contributed by atoms with van der Waals surface area (Å²) in [6.45, 7) is 2.56. The monoisotopic (exact) mass is 807 g/mol. The van der Waals surface area contributed by atoms with Gasteiger partial charge in [-0.3, -0.25) is 0 Å². The summed E-state index contributed by atoms with van der Waals surface area (Å²) in [6, 6.07) is 77.9. The molecule has 302 valence electrons. The summed E-state index contributed by atoms with van der Waals surface area (Å²) >= 11 is 0. The molecular formula is C62H49N. The zero-order chi connectivity index (χ0) is 41.7. The standard InChI is InChI=1S/C62H49N/c1-61(39-41-30-31-42(36-41)40-61)55-35-34-47(49-21-5-6-22-50(49)55)44-18-15-19-45(37-44)63(60-29-14-10-20-48(60)43-16-3-2-4-17-43)46-32-33-54-53-25-9-13-28-58(53)62(59(54)38-46)56-26-11-7-23-51(56)52-24-8-12-27-57(52)62/h2-29,32-35,37-38,41-42H,30-31,36,39-40H2,1H3/t41-,42+,61?. The Bertz CT molecular complexity index is 3190. The van der Waals surface area contributed by atoms with Gasteiger partial charge in [-0.1, -0.05) is 196 Å². The molecule has 2 saturated carbocycles. The molecule has 1 heteroatoms. The molecule has 0 radical (unpaired) electrons. The molecule has 0 aliphatic heterocycles. The van der Waals surface area contributed by atoms with Crippen molar-refractivity contribution in [3.8, 4) is 44.5 Å². The van der Waals surface area contributed by atoms with Crippen molar-refractivity contribution in [3.05, 3.63) is 234 Å². The van der Waals surface area contributed by atoms with E-state index in [1.807, 2.05) is 0 Å². The van der Waals surface area contributed by atoms with Crippen molar-refractivity contribution >= 4 is 27.8 Å². The van der Waals surface area contributed by atoms with Crippen LogP contribution in [0, 0.1) is 11.8 Å². The molecule has 2 fully saturated rings. The number of anilines is 3. The highest BCUT2D eigenvalue weighted by Crippen LogP contribution is 2.63. The molecule has 2 bridgehead atoms. The first kappa shape index (κ1) is 36.7. The molecule has 9 aromatic rings. The fourth-order valence-corrected chi connectivity index (χ4v) is 13.2. The molecule has 1 nitrogen and oxygen atoms in total. The molecule has 0 saturated heterocycles. The SMILES string of the molecule is CC1(c2ccc(-c3cccc(N(c4ccc5c(c4)C4(c6ccccc6-c6ccccc64)c4ccccc4-5)c4ccccc4-c4ccccc4)c3)c3ccccc23)C[C@@H]2CC[C@@H](C2)C1. The quantitative estimate of drug-likeness (QED) is 0.162. The number of fused-ring (bicyclic) bond motifs is 13. The number of hydrogen-bond acceptors (Lipinski definition) is 1. The van der Waals surface area contributed by atoms with Gasteiger partial charge in [-0.25, -0.2) is 0 Å². The minimum atomic E-state index is -0.434. The van der Waals surface area contributed by atoms with Crippen molar-refractivity contribution in [2.24, 2.45) is 11.8 Å². The van der Waals surface area contributed by atoms with E-state index >= 15 is 0 Å². The number of rotatable bonds is 6. The van der Waals surface area contributed by atoms with Crippen LogP contribution in [-0.4, -0.2) is 0 Å². The van der Waals surface area contributed by atoms with Gasteiger partial charge in [-0.2, -0.15) is 0 Å². The second kappa shape index (κ2) is 14.0. The van der Waals surface area contributed by atoms with Crippen LogP contribution in [0.2, 0.25) is 0 Å². The van der Waals surface area contributed by atoms with Crippen molar-refractivity contribution in [1.29, 1.82) is 0 Å². The summed E-state index contributed by atoms with van der Waals surface area (Å²) in [5, 5.41) is 2.76. The van der Waals surface area contributed by atoms with Crippen LogP contribution in [0.4, 0.5) is 17.1 Å². The molecule has 0 amide bonds. The largest absolute Gasteiger partial charge is 0.310 e. The van der Waals surface area contributed by atoms with Crippen LogP contribution in [0.15, 0.2) is 206 Å². The normalized spacial score (nSPS) is 19.7. The second-order valence-electron chi connectivity index (χ2n) is 19.1. The van der Waals surface area contributed by atoms with Crippen LogP contribution in [0.25, 0.3) is 55.3 Å². The molecule has 13 rings (SSSR count). The van der Waals surface area contributed by atoms with Gasteiger partial charge in [0, 0.05) is 16.9 Å². The van der Waals surface area contributed by atoms with E-state index in [2.05, 4.69) is 218 Å². The molecule has 0 aromatic heterocycles. The third kappa shape index (κ3) is 5.42. The average molecular weight is 808 g/mol. The summed E-state index contributed by atoms with van der Waals surface area (Å²) in [5.41, 5.74) is 20.3. The first-order valence-corrected chi connectivity index (χ1v) is 23.1. The molecule has 1 spiro atoms. The van der Waals surface area contributed by atoms with Crippen LogP contribution in [-0.2, 0) is 10.8 Å². The Labute approximate surface area is 371 Å². The fourth-order valence-electron chi connectivity index (χ4n) is 13.2. The second-order valence-corrected chi connectivity index (χ2v) is 19.1. The van der Waals surface area contributed by atoms with Gasteiger partial charge >= 0.3 is 0 Å². The Balaban J connectivity index is 1.02. The van der Waals surface area contributed by atoms with Gasteiger partial charge in [0.25, 0.3) is 0 Å². The molecule has 4 aliphatic carbocycles. The summed E-state index contributed by atoms with van der Waals surface area (Å²) in [5.74, 6) is 1.74. The lowest BCUT2D eigenvalue weighted by atomic mass is 9.65. The zero-order valence-electron chi connectivity index (χ0n) is 35.8. The molecule has 3 atom stereocenters. The highest BCUT2D eigenvalue weighted by atomic mass is 15.1. The predicted molar refractivity (Wildman–Crippen MR) is 263 cm³/mol. The number of hydrogen-bond donors (Lipinski definition) is 0. The minimum Gasteiger partial charge on any atom is -0.310 e. The summed E-state index contributed by atoms with van der Waals surface area (Å²) in [7, 11) is 0. The van der Waals surface area contributed by atoms with Crippen molar-refractivity contribution < 1.29 is 0 Å². The smallest absolute Gasteiger partial charge is 0.0726 e. The van der Waals surface area contributed by atoms with E-state index in [1.165, 1.54) is 115 Å². The lowest BCUT2D eigenvalue weighted by Gasteiger charge is -2.39. The maximum absolute atomic E-state index is 2.56. The average Bonchev–Trinajstić information content (AvgIpc) is 3.96. The van der Waals surface area contributed by atoms with E-state index in [1.54, 1.807) is 0 Å². The van der Waals surface area contributed by atoms with Crippen LogP contribution < -0.4 is 4.90 Å². The first-order valence-electron chi connectivity index (χ1n) is 23.1. The summed E-state index contributed by atoms with van der Waals surface area (Å²) < 4.78 is 0. The molecular weight excluding hydrogens is 759 g/mol. The van der Waals surface area contributed by atoms with Gasteiger partial charge < -0.3 is 4.90 Å². The van der Waals surface area contributed by atoms with Gasteiger partial charge in [0.15, 0.2) is 0 Å². The molecule has 0 heterocycles. The van der Waals surface area contributed by atoms with E-state index in [0.717, 1.165) is 28.9 Å². The van der Waals surface area contributed by atoms with Gasteiger partial charge in [0.2, 0.25) is 0 Å². The van der Waals surface area contributed by atoms with E-state index < -0.39 is 5.41 Å². The third-order valence-electron chi connectivity index (χ3n) is 15.6. The van der Waals surface area contributed by atoms with Crippen LogP contribution in [0.5, 0.6) is 0 Å². The Morgan fingerprint density at radius 1 is 0.381 bits per heavy atom. The first-order chi connectivity index (χ1) is 31.1. The fraction of sp³-hybridized carbons (Fsp3) is 0.161. The lowest BCUT2D eigenvalue weighted by Crippen LogP contribution is -2.30. The number of para-hydroxylation sites is 1. The Hall–Kier alpha value is -6.96. The van der Waals surface area contributed by atoms with Gasteiger partial charge in [-0.15, -0.1) is 0 Å². The third-order valence-corrected chi connectivity index (χ3v) is 15.6. The molecule has 4 aliphatic rings.